The van der Waals surface area contributed by atoms with Crippen molar-refractivity contribution in [3.05, 3.63) is 96.3 Å². The minimum atomic E-state index is 0.491. The third-order valence-electron chi connectivity index (χ3n) is 6.77. The van der Waals surface area contributed by atoms with Gasteiger partial charge in [0.2, 0.25) is 0 Å². The van der Waals surface area contributed by atoms with Crippen molar-refractivity contribution in [2.75, 3.05) is 5.32 Å². The van der Waals surface area contributed by atoms with E-state index in [4.69, 9.17) is 5.10 Å². The minimum absolute atomic E-state index is 0.491. The number of hydrogen-bond acceptors (Lipinski definition) is 4. The van der Waals surface area contributed by atoms with Crippen molar-refractivity contribution >= 4 is 22.8 Å². The molecule has 5 nitrogen and oxygen atoms in total. The summed E-state index contributed by atoms with van der Waals surface area (Å²) in [6.45, 7) is 8.57. The smallest absolute Gasteiger partial charge is 0.0987 e. The van der Waals surface area contributed by atoms with Crippen LogP contribution in [0.1, 0.15) is 47.9 Å². The summed E-state index contributed by atoms with van der Waals surface area (Å²) < 4.78 is 0. The first-order valence-corrected chi connectivity index (χ1v) is 11.4. The van der Waals surface area contributed by atoms with E-state index in [9.17, 15) is 0 Å². The number of hydrogen-bond donors (Lipinski definition) is 2. The molecule has 2 aromatic carbocycles. The molecule has 2 saturated carbocycles. The highest BCUT2D eigenvalue weighted by atomic mass is 15.5. The normalized spacial score (nSPS) is 17.8. The lowest BCUT2D eigenvalue weighted by Crippen LogP contribution is -2.37. The molecule has 0 saturated heterocycles. The predicted molar refractivity (Wildman–Crippen MR) is 130 cm³/mol. The third-order valence-corrected chi connectivity index (χ3v) is 6.77. The molecule has 2 heterocycles. The largest absolute Gasteiger partial charge is 0.355 e. The van der Waals surface area contributed by atoms with E-state index in [2.05, 4.69) is 82.2 Å². The van der Waals surface area contributed by atoms with Gasteiger partial charge in [0.1, 0.15) is 0 Å². The summed E-state index contributed by atoms with van der Waals surface area (Å²) in [4.78, 5) is 0. The summed E-state index contributed by atoms with van der Waals surface area (Å²) in [6, 6.07) is 17.5. The highest BCUT2D eigenvalue weighted by Gasteiger charge is 2.46. The Morgan fingerprint density at radius 2 is 1.69 bits per heavy atom. The van der Waals surface area contributed by atoms with Crippen molar-refractivity contribution in [2.24, 2.45) is 16.9 Å². The number of rotatable bonds is 7. The van der Waals surface area contributed by atoms with E-state index in [0.717, 1.165) is 51.3 Å². The molecule has 1 aromatic heterocycles. The molecule has 3 aromatic rings. The zero-order valence-electron chi connectivity index (χ0n) is 18.1. The first-order chi connectivity index (χ1) is 15.7. The fourth-order valence-corrected chi connectivity index (χ4v) is 4.78. The predicted octanol–water partition coefficient (Wildman–Crippen LogP) is 5.72. The van der Waals surface area contributed by atoms with Gasteiger partial charge in [-0.2, -0.15) is 10.2 Å². The lowest BCUT2D eigenvalue weighted by Gasteiger charge is -2.36. The van der Waals surface area contributed by atoms with Gasteiger partial charge < -0.3 is 5.32 Å². The second-order valence-electron chi connectivity index (χ2n) is 9.12. The summed E-state index contributed by atoms with van der Waals surface area (Å²) in [5.74, 6) is 1.52. The lowest BCUT2D eigenvalue weighted by molar-refractivity contribution is 0.246. The van der Waals surface area contributed by atoms with Crippen LogP contribution in [0, 0.1) is 11.8 Å². The maximum atomic E-state index is 5.23. The molecule has 160 valence electrons. The Labute approximate surface area is 188 Å². The SMILES string of the molecule is C=C(Nc1ccc(C2=NN(C(C3CC3)C3CC3)C(=C)c3ccccc32)cc1)c1cn[nH]c1. The van der Waals surface area contributed by atoms with Gasteiger partial charge in [-0.15, -0.1) is 0 Å². The van der Waals surface area contributed by atoms with Gasteiger partial charge in [-0.25, -0.2) is 0 Å². The number of anilines is 1. The number of hydrazone groups is 1. The number of fused-ring (bicyclic) bond motifs is 1. The number of nitrogens with zero attached hydrogens (tertiary/aromatic N) is 3. The van der Waals surface area contributed by atoms with Crippen LogP contribution in [0.3, 0.4) is 0 Å². The zero-order chi connectivity index (χ0) is 21.7. The molecule has 0 spiro atoms. The van der Waals surface area contributed by atoms with Crippen LogP contribution in [0.2, 0.25) is 0 Å². The summed E-state index contributed by atoms with van der Waals surface area (Å²) in [6.07, 6.45) is 8.86. The van der Waals surface area contributed by atoms with Crippen LogP contribution in [0.5, 0.6) is 0 Å². The average Bonchev–Trinajstić information content (AvgIpc) is 3.76. The van der Waals surface area contributed by atoms with Crippen LogP contribution in [0.25, 0.3) is 11.4 Å². The van der Waals surface area contributed by atoms with E-state index in [0.29, 0.717) is 6.04 Å². The lowest BCUT2D eigenvalue weighted by atomic mass is 9.93. The molecule has 32 heavy (non-hydrogen) atoms. The van der Waals surface area contributed by atoms with E-state index in [1.807, 2.05) is 6.20 Å². The summed E-state index contributed by atoms with van der Waals surface area (Å²) in [7, 11) is 0. The standard InChI is InChI=1S/C27H27N5/c1-17(22-15-28-29-16-22)30-23-13-11-19(12-14-23)26-25-6-4-3-5-24(25)18(2)32(31-26)27(20-7-8-20)21-9-10-21/h3-6,11-16,20-21,27,30H,1-2,7-10H2,(H,28,29). The van der Waals surface area contributed by atoms with Crippen LogP contribution in [-0.4, -0.2) is 27.0 Å². The van der Waals surface area contributed by atoms with Crippen molar-refractivity contribution in [1.29, 1.82) is 0 Å². The van der Waals surface area contributed by atoms with E-state index in [-0.39, 0.29) is 0 Å². The molecule has 0 bridgehead atoms. The number of aromatic nitrogens is 2. The molecule has 3 aliphatic rings. The summed E-state index contributed by atoms with van der Waals surface area (Å²) in [5.41, 5.74) is 8.27. The monoisotopic (exact) mass is 421 g/mol. The Kier molecular flexibility index (Phi) is 4.49. The zero-order valence-corrected chi connectivity index (χ0v) is 18.1. The quantitative estimate of drug-likeness (QED) is 0.513. The highest BCUT2D eigenvalue weighted by molar-refractivity contribution is 6.16. The number of nitrogens with one attached hydrogen (secondary N) is 2. The highest BCUT2D eigenvalue weighted by Crippen LogP contribution is 2.50. The molecule has 6 rings (SSSR count). The van der Waals surface area contributed by atoms with Crippen molar-refractivity contribution in [3.8, 4) is 0 Å². The van der Waals surface area contributed by atoms with Crippen LogP contribution in [0.15, 0.2) is 79.2 Å². The first kappa shape index (κ1) is 19.1. The fourth-order valence-electron chi connectivity index (χ4n) is 4.78. The third kappa shape index (κ3) is 3.44. The van der Waals surface area contributed by atoms with E-state index < -0.39 is 0 Å². The topological polar surface area (TPSA) is 56.3 Å². The maximum Gasteiger partial charge on any atom is 0.0987 e. The molecule has 0 unspecified atom stereocenters. The summed E-state index contributed by atoms with van der Waals surface area (Å²) in [5, 5.41) is 17.7. The Morgan fingerprint density at radius 1 is 1.00 bits per heavy atom. The second-order valence-corrected chi connectivity index (χ2v) is 9.12. The van der Waals surface area contributed by atoms with Crippen LogP contribution >= 0.6 is 0 Å². The Morgan fingerprint density at radius 3 is 2.31 bits per heavy atom. The maximum absolute atomic E-state index is 5.23. The van der Waals surface area contributed by atoms with Gasteiger partial charge in [0.25, 0.3) is 0 Å². The summed E-state index contributed by atoms with van der Waals surface area (Å²) >= 11 is 0. The van der Waals surface area contributed by atoms with Gasteiger partial charge in [0.15, 0.2) is 0 Å². The number of H-pyrrole nitrogens is 1. The Hall–Kier alpha value is -3.60. The van der Waals surface area contributed by atoms with Crippen LogP contribution in [0.4, 0.5) is 5.69 Å². The van der Waals surface area contributed by atoms with E-state index >= 15 is 0 Å². The van der Waals surface area contributed by atoms with Crippen LogP contribution < -0.4 is 5.32 Å². The van der Waals surface area contributed by atoms with Gasteiger partial charge in [-0.05, 0) is 49.7 Å². The second kappa shape index (κ2) is 7.52. The molecular formula is C27H27N5. The van der Waals surface area contributed by atoms with E-state index in [1.54, 1.807) is 6.20 Å². The molecule has 5 heteroatoms. The fraction of sp³-hybridized carbons (Fsp3) is 0.259. The molecule has 2 fully saturated rings. The molecule has 2 N–H and O–H groups in total. The average molecular weight is 422 g/mol. The van der Waals surface area contributed by atoms with Gasteiger partial charge in [-0.1, -0.05) is 49.6 Å². The minimum Gasteiger partial charge on any atom is -0.355 e. The first-order valence-electron chi connectivity index (χ1n) is 11.4. The van der Waals surface area contributed by atoms with Crippen LogP contribution in [-0.2, 0) is 0 Å². The van der Waals surface area contributed by atoms with Gasteiger partial charge in [0.05, 0.1) is 23.6 Å². The van der Waals surface area contributed by atoms with Gasteiger partial charge >= 0.3 is 0 Å². The van der Waals surface area contributed by atoms with Crippen molar-refractivity contribution in [1.82, 2.24) is 15.2 Å². The number of benzene rings is 2. The molecule has 1 aliphatic heterocycles. The molecule has 0 atom stereocenters. The molecule has 0 amide bonds. The van der Waals surface area contributed by atoms with Gasteiger partial charge in [-0.3, -0.25) is 10.1 Å². The molecule has 0 radical (unpaired) electrons. The van der Waals surface area contributed by atoms with Gasteiger partial charge in [0, 0.05) is 39.8 Å². The Bertz CT molecular complexity index is 1190. The molecular weight excluding hydrogens is 394 g/mol. The van der Waals surface area contributed by atoms with E-state index in [1.165, 1.54) is 31.2 Å². The van der Waals surface area contributed by atoms with Crippen molar-refractivity contribution < 1.29 is 0 Å². The molecule has 2 aliphatic carbocycles. The van der Waals surface area contributed by atoms with Crippen molar-refractivity contribution in [2.45, 2.75) is 31.7 Å². The van der Waals surface area contributed by atoms with Crippen molar-refractivity contribution in [3.63, 3.8) is 0 Å². The Balaban J connectivity index is 1.33. The number of aromatic amines is 1.